The van der Waals surface area contributed by atoms with Gasteiger partial charge in [0.15, 0.2) is 0 Å². The molecule has 1 unspecified atom stereocenters. The molecule has 1 amide bonds. The molecule has 1 heterocycles. The summed E-state index contributed by atoms with van der Waals surface area (Å²) >= 11 is 0. The van der Waals surface area contributed by atoms with Crippen LogP contribution in [0.1, 0.15) is 26.5 Å². The molecule has 1 rings (SSSR count). The van der Waals surface area contributed by atoms with Gasteiger partial charge in [-0.1, -0.05) is 0 Å². The van der Waals surface area contributed by atoms with Crippen molar-refractivity contribution in [2.45, 2.75) is 31.3 Å². The van der Waals surface area contributed by atoms with E-state index < -0.39 is 21.4 Å². The van der Waals surface area contributed by atoms with Crippen molar-refractivity contribution in [1.29, 1.82) is 0 Å². The maximum Gasteiger partial charge on any atom is 0.251 e. The van der Waals surface area contributed by atoms with Gasteiger partial charge < -0.3 is 5.11 Å². The Bertz CT molecular complexity index is 537. The number of hydrogen-bond acceptors (Lipinski definition) is 4. The van der Waals surface area contributed by atoms with Crippen LogP contribution in [0, 0.1) is 0 Å². The molecule has 0 aromatic carbocycles. The van der Waals surface area contributed by atoms with Gasteiger partial charge in [0.25, 0.3) is 5.91 Å². The molecule has 0 saturated heterocycles. The molecule has 0 fully saturated rings. The van der Waals surface area contributed by atoms with Crippen molar-refractivity contribution in [1.82, 2.24) is 4.98 Å². The van der Waals surface area contributed by atoms with Crippen LogP contribution >= 0.6 is 0 Å². The molecule has 1 aromatic rings. The number of nitrogens with zero attached hydrogens (tertiary/aromatic N) is 2. The van der Waals surface area contributed by atoms with Gasteiger partial charge in [0, 0.05) is 13.1 Å². The monoisotopic (exact) mass is 257 g/mol. The van der Waals surface area contributed by atoms with Crippen LogP contribution in [0.4, 0.5) is 0 Å². The van der Waals surface area contributed by atoms with Gasteiger partial charge in [-0.2, -0.15) is 0 Å². The zero-order valence-corrected chi connectivity index (χ0v) is 10.7. The highest BCUT2D eigenvalue weighted by Crippen LogP contribution is 2.18. The highest BCUT2D eigenvalue weighted by Gasteiger charge is 2.18. The molecule has 1 atom stereocenters. The normalized spacial score (nSPS) is 15.1. The van der Waals surface area contributed by atoms with Crippen LogP contribution < -0.4 is 5.14 Å². The van der Waals surface area contributed by atoms with E-state index >= 15 is 0 Å². The second-order valence-corrected chi connectivity index (χ2v) is 5.91. The third-order valence-electron chi connectivity index (χ3n) is 1.97. The molecule has 0 spiro atoms. The predicted octanol–water partition coefficient (Wildman–Crippen LogP) is 0.556. The number of carbonyl (C=O) groups is 1. The summed E-state index contributed by atoms with van der Waals surface area (Å²) in [7, 11) is -3.24. The average molecular weight is 257 g/mol. The predicted molar refractivity (Wildman–Crippen MR) is 63.2 cm³/mol. The first kappa shape index (κ1) is 13.8. The number of amides is 1. The Morgan fingerprint density at radius 1 is 1.53 bits per heavy atom. The third kappa shape index (κ3) is 3.58. The Labute approximate surface area is 100 Å². The molecule has 1 aromatic heterocycles. The zero-order valence-electron chi connectivity index (χ0n) is 9.88. The van der Waals surface area contributed by atoms with E-state index in [1.54, 1.807) is 13.8 Å². The minimum Gasteiger partial charge on any atom is -0.384 e. The minimum atomic E-state index is -3.24. The van der Waals surface area contributed by atoms with E-state index in [9.17, 15) is 14.1 Å². The largest absolute Gasteiger partial charge is 0.384 e. The van der Waals surface area contributed by atoms with E-state index in [1.807, 2.05) is 0 Å². The first-order chi connectivity index (χ1) is 7.63. The second kappa shape index (κ2) is 4.52. The number of pyridine rings is 1. The summed E-state index contributed by atoms with van der Waals surface area (Å²) in [6.45, 7) is 4.33. The Hall–Kier alpha value is -1.31. The maximum atomic E-state index is 11.8. The fraction of sp³-hybridized carbons (Fsp3) is 0.400. The molecule has 0 radical (unpaired) electrons. The smallest absolute Gasteiger partial charge is 0.251 e. The van der Waals surface area contributed by atoms with Crippen LogP contribution in [0.15, 0.2) is 27.6 Å². The molecule has 0 bridgehead atoms. The van der Waals surface area contributed by atoms with Crippen molar-refractivity contribution in [3.63, 3.8) is 0 Å². The number of carbonyl (C=O) groups excluding carboxylic acids is 1. The topological polar surface area (TPSA) is 106 Å². The van der Waals surface area contributed by atoms with E-state index in [0.29, 0.717) is 5.69 Å². The lowest BCUT2D eigenvalue weighted by atomic mass is 10.1. The second-order valence-electron chi connectivity index (χ2n) is 4.12. The van der Waals surface area contributed by atoms with Crippen LogP contribution in [0.3, 0.4) is 0 Å². The van der Waals surface area contributed by atoms with Crippen molar-refractivity contribution in [3.05, 3.63) is 24.0 Å². The van der Waals surface area contributed by atoms with Crippen LogP contribution in [-0.4, -0.2) is 20.2 Å². The standard InChI is InChI=1S/C10H15N3O3S/c1-7(14)13-17(11,16)8-4-5-9(12-6-8)10(2,3)15/h4-6,15H,1-3H3,(H2,11,13,14,16). The first-order valence-electron chi connectivity index (χ1n) is 4.87. The quantitative estimate of drug-likeness (QED) is 0.807. The number of hydrogen-bond donors (Lipinski definition) is 2. The molecular formula is C10H15N3O3S. The SMILES string of the molecule is CC(=O)N=S(N)(=O)c1ccc(C(C)(C)O)nc1. The molecule has 6 nitrogen and oxygen atoms in total. The summed E-state index contributed by atoms with van der Waals surface area (Å²) in [5, 5.41) is 15.1. The van der Waals surface area contributed by atoms with Gasteiger partial charge in [0.2, 0.25) is 0 Å². The minimum absolute atomic E-state index is 0.153. The Morgan fingerprint density at radius 2 is 2.12 bits per heavy atom. The number of rotatable bonds is 2. The van der Waals surface area contributed by atoms with Gasteiger partial charge in [-0.05, 0) is 26.0 Å². The van der Waals surface area contributed by atoms with E-state index in [4.69, 9.17) is 5.14 Å². The third-order valence-corrected chi connectivity index (χ3v) is 3.41. The summed E-state index contributed by atoms with van der Waals surface area (Å²) in [5.74, 6) is -0.607. The van der Waals surface area contributed by atoms with Gasteiger partial charge in [-0.3, -0.25) is 9.78 Å². The molecular weight excluding hydrogens is 242 g/mol. The van der Waals surface area contributed by atoms with Gasteiger partial charge >= 0.3 is 0 Å². The number of aliphatic hydroxyl groups is 1. The molecule has 0 aliphatic carbocycles. The lowest BCUT2D eigenvalue weighted by Crippen LogP contribution is -2.19. The molecule has 0 saturated carbocycles. The Morgan fingerprint density at radius 3 is 2.47 bits per heavy atom. The summed E-state index contributed by atoms with van der Waals surface area (Å²) in [4.78, 5) is 14.9. The number of nitrogens with two attached hydrogens (primary N) is 1. The van der Waals surface area contributed by atoms with Gasteiger partial charge in [-0.15, -0.1) is 4.36 Å². The van der Waals surface area contributed by atoms with Crippen LogP contribution in [0.2, 0.25) is 0 Å². The molecule has 7 heteroatoms. The van der Waals surface area contributed by atoms with Crippen LogP contribution in [0.5, 0.6) is 0 Å². The van der Waals surface area contributed by atoms with E-state index in [1.165, 1.54) is 25.3 Å². The highest BCUT2D eigenvalue weighted by atomic mass is 32.2. The molecule has 0 aliphatic heterocycles. The van der Waals surface area contributed by atoms with Crippen molar-refractivity contribution in [2.24, 2.45) is 9.50 Å². The van der Waals surface area contributed by atoms with Crippen LogP contribution in [-0.2, 0) is 20.3 Å². The molecule has 0 aliphatic rings. The summed E-state index contributed by atoms with van der Waals surface area (Å²) in [6, 6.07) is 2.94. The Balaban J connectivity index is 3.21. The van der Waals surface area contributed by atoms with Gasteiger partial charge in [-0.25, -0.2) is 9.35 Å². The fourth-order valence-corrected chi connectivity index (χ4v) is 2.11. The van der Waals surface area contributed by atoms with Gasteiger partial charge in [0.05, 0.1) is 10.6 Å². The lowest BCUT2D eigenvalue weighted by Gasteiger charge is -2.16. The molecule has 17 heavy (non-hydrogen) atoms. The number of aromatic nitrogens is 1. The van der Waals surface area contributed by atoms with E-state index in [0.717, 1.165) is 0 Å². The lowest BCUT2D eigenvalue weighted by molar-refractivity contribution is -0.115. The maximum absolute atomic E-state index is 11.8. The average Bonchev–Trinajstić information content (AvgIpc) is 2.14. The first-order valence-corrected chi connectivity index (χ1v) is 6.45. The van der Waals surface area contributed by atoms with E-state index in [2.05, 4.69) is 9.35 Å². The summed E-state index contributed by atoms with van der Waals surface area (Å²) in [6.07, 6.45) is 1.25. The van der Waals surface area contributed by atoms with Crippen molar-refractivity contribution in [2.75, 3.05) is 0 Å². The van der Waals surface area contributed by atoms with E-state index in [-0.39, 0.29) is 4.90 Å². The Kier molecular flexibility index (Phi) is 3.65. The van der Waals surface area contributed by atoms with Crippen molar-refractivity contribution >= 4 is 15.8 Å². The van der Waals surface area contributed by atoms with Crippen molar-refractivity contribution < 1.29 is 14.1 Å². The van der Waals surface area contributed by atoms with Gasteiger partial charge in [0.1, 0.15) is 15.5 Å². The fourth-order valence-electron chi connectivity index (χ4n) is 1.16. The molecule has 3 N–H and O–H groups in total. The van der Waals surface area contributed by atoms with Crippen LogP contribution in [0.25, 0.3) is 0 Å². The highest BCUT2D eigenvalue weighted by molar-refractivity contribution is 7.91. The summed E-state index contributed by atoms with van der Waals surface area (Å²) < 4.78 is 15.2. The molecule has 94 valence electrons. The zero-order chi connectivity index (χ0) is 13.3. The van der Waals surface area contributed by atoms with Crippen molar-refractivity contribution in [3.8, 4) is 0 Å². The summed E-state index contributed by atoms with van der Waals surface area (Å²) in [5.41, 5.74) is -0.676.